The summed E-state index contributed by atoms with van der Waals surface area (Å²) < 4.78 is 0. The number of amides is 1. The molecule has 1 aliphatic heterocycles. The largest absolute Gasteiger partial charge is 0.324 e. The van der Waals surface area contributed by atoms with E-state index in [1.165, 1.54) is 0 Å². The minimum atomic E-state index is -0.180. The predicted molar refractivity (Wildman–Crippen MR) is 65.3 cm³/mol. The van der Waals surface area contributed by atoms with E-state index in [2.05, 4.69) is 24.5 Å². The molecule has 0 radical (unpaired) electrons. The average Bonchev–Trinajstić information content (AvgIpc) is 2.62. The quantitative estimate of drug-likeness (QED) is 0.815. The van der Waals surface area contributed by atoms with Gasteiger partial charge in [-0.25, -0.2) is 0 Å². The summed E-state index contributed by atoms with van der Waals surface area (Å²) in [5.41, 5.74) is 2.01. The van der Waals surface area contributed by atoms with Crippen LogP contribution < -0.4 is 10.6 Å². The van der Waals surface area contributed by atoms with Gasteiger partial charge in [-0.3, -0.25) is 10.1 Å². The van der Waals surface area contributed by atoms with Crippen LogP contribution >= 0.6 is 0 Å². The lowest BCUT2D eigenvalue weighted by molar-refractivity contribution is -0.117. The van der Waals surface area contributed by atoms with Gasteiger partial charge in [-0.15, -0.1) is 0 Å². The standard InChI is InChI=1S/C13H18N2O/c1-3-9(4-2)14-12-10-7-5-6-8-11(10)15-13(12)16/h5-9,12,14H,3-4H2,1-2H3,(H,15,16). The van der Waals surface area contributed by atoms with Gasteiger partial charge in [0.15, 0.2) is 0 Å². The van der Waals surface area contributed by atoms with Crippen molar-refractivity contribution >= 4 is 11.6 Å². The Balaban J connectivity index is 2.19. The van der Waals surface area contributed by atoms with Crippen LogP contribution in [0, 0.1) is 0 Å². The van der Waals surface area contributed by atoms with Crippen molar-refractivity contribution in [3.8, 4) is 0 Å². The molecule has 1 aliphatic rings. The number of fused-ring (bicyclic) bond motifs is 1. The Kier molecular flexibility index (Phi) is 3.25. The average molecular weight is 218 g/mol. The van der Waals surface area contributed by atoms with E-state index in [1.807, 2.05) is 24.3 Å². The second-order valence-electron chi connectivity index (χ2n) is 4.19. The maximum atomic E-state index is 11.8. The normalized spacial score (nSPS) is 18.7. The Bertz CT molecular complexity index is 385. The van der Waals surface area contributed by atoms with Crippen LogP contribution in [0.5, 0.6) is 0 Å². The molecule has 16 heavy (non-hydrogen) atoms. The summed E-state index contributed by atoms with van der Waals surface area (Å²) in [6.07, 6.45) is 2.09. The number of nitrogens with one attached hydrogen (secondary N) is 2. The van der Waals surface area contributed by atoms with Crippen LogP contribution in [0.2, 0.25) is 0 Å². The van der Waals surface area contributed by atoms with E-state index in [-0.39, 0.29) is 11.9 Å². The highest BCUT2D eigenvalue weighted by Crippen LogP contribution is 2.30. The molecule has 1 atom stereocenters. The van der Waals surface area contributed by atoms with Crippen molar-refractivity contribution in [2.24, 2.45) is 0 Å². The van der Waals surface area contributed by atoms with Crippen LogP contribution in [0.4, 0.5) is 5.69 Å². The maximum absolute atomic E-state index is 11.8. The summed E-state index contributed by atoms with van der Waals surface area (Å²) in [4.78, 5) is 11.8. The van der Waals surface area contributed by atoms with Crippen LogP contribution in [0.3, 0.4) is 0 Å². The molecular weight excluding hydrogens is 200 g/mol. The van der Waals surface area contributed by atoms with Gasteiger partial charge in [-0.2, -0.15) is 0 Å². The van der Waals surface area contributed by atoms with E-state index in [0.29, 0.717) is 6.04 Å². The first-order valence-corrected chi connectivity index (χ1v) is 5.92. The number of hydrogen-bond donors (Lipinski definition) is 2. The number of carbonyl (C=O) groups excluding carboxylic acids is 1. The fraction of sp³-hybridized carbons (Fsp3) is 0.462. The Morgan fingerprint density at radius 1 is 1.31 bits per heavy atom. The third-order valence-electron chi connectivity index (χ3n) is 3.18. The zero-order valence-corrected chi connectivity index (χ0v) is 9.79. The number of hydrogen-bond acceptors (Lipinski definition) is 2. The molecule has 3 heteroatoms. The van der Waals surface area contributed by atoms with Crippen LogP contribution in [0.25, 0.3) is 0 Å². The Morgan fingerprint density at radius 3 is 2.69 bits per heavy atom. The van der Waals surface area contributed by atoms with Crippen molar-refractivity contribution in [1.29, 1.82) is 0 Å². The second-order valence-corrected chi connectivity index (χ2v) is 4.19. The molecule has 0 bridgehead atoms. The number of carbonyl (C=O) groups is 1. The van der Waals surface area contributed by atoms with Crippen molar-refractivity contribution < 1.29 is 4.79 Å². The lowest BCUT2D eigenvalue weighted by atomic mass is 10.1. The van der Waals surface area contributed by atoms with Gasteiger partial charge in [0, 0.05) is 17.3 Å². The van der Waals surface area contributed by atoms with Crippen molar-refractivity contribution in [3.63, 3.8) is 0 Å². The molecule has 1 heterocycles. The summed E-state index contributed by atoms with van der Waals surface area (Å²) in [6.45, 7) is 4.28. The van der Waals surface area contributed by atoms with Crippen molar-refractivity contribution in [1.82, 2.24) is 5.32 Å². The van der Waals surface area contributed by atoms with Crippen LogP contribution in [0.1, 0.15) is 38.3 Å². The fourth-order valence-corrected chi connectivity index (χ4v) is 2.13. The van der Waals surface area contributed by atoms with Gasteiger partial charge in [-0.1, -0.05) is 32.0 Å². The number of rotatable bonds is 4. The van der Waals surface area contributed by atoms with Gasteiger partial charge in [0.05, 0.1) is 0 Å². The fourth-order valence-electron chi connectivity index (χ4n) is 2.13. The molecule has 0 saturated carbocycles. The molecule has 0 spiro atoms. The predicted octanol–water partition coefficient (Wildman–Crippen LogP) is 2.46. The summed E-state index contributed by atoms with van der Waals surface area (Å²) >= 11 is 0. The molecular formula is C13H18N2O. The molecule has 1 aromatic carbocycles. The maximum Gasteiger partial charge on any atom is 0.246 e. The van der Waals surface area contributed by atoms with Crippen LogP contribution in [0.15, 0.2) is 24.3 Å². The molecule has 0 aromatic heterocycles. The molecule has 86 valence electrons. The highest BCUT2D eigenvalue weighted by atomic mass is 16.2. The minimum absolute atomic E-state index is 0.0631. The van der Waals surface area contributed by atoms with Gasteiger partial charge in [-0.05, 0) is 18.9 Å². The Hall–Kier alpha value is -1.35. The SMILES string of the molecule is CCC(CC)NC1C(=O)Nc2ccccc21. The van der Waals surface area contributed by atoms with E-state index >= 15 is 0 Å². The topological polar surface area (TPSA) is 41.1 Å². The van der Waals surface area contributed by atoms with Crippen molar-refractivity contribution in [3.05, 3.63) is 29.8 Å². The van der Waals surface area contributed by atoms with E-state index in [0.717, 1.165) is 24.1 Å². The summed E-state index contributed by atoms with van der Waals surface area (Å²) in [5, 5.41) is 6.31. The summed E-state index contributed by atoms with van der Waals surface area (Å²) in [7, 11) is 0. The summed E-state index contributed by atoms with van der Waals surface area (Å²) in [6, 6.07) is 8.09. The van der Waals surface area contributed by atoms with Gasteiger partial charge in [0.25, 0.3) is 0 Å². The smallest absolute Gasteiger partial charge is 0.246 e. The van der Waals surface area contributed by atoms with Crippen molar-refractivity contribution in [2.45, 2.75) is 38.8 Å². The van der Waals surface area contributed by atoms with Gasteiger partial charge < -0.3 is 5.32 Å². The molecule has 3 nitrogen and oxygen atoms in total. The van der Waals surface area contributed by atoms with E-state index in [9.17, 15) is 4.79 Å². The number of anilines is 1. The summed E-state index contributed by atoms with van der Waals surface area (Å²) in [5.74, 6) is 0.0631. The van der Waals surface area contributed by atoms with E-state index in [1.54, 1.807) is 0 Å². The minimum Gasteiger partial charge on any atom is -0.324 e. The zero-order valence-electron chi connectivity index (χ0n) is 9.79. The highest BCUT2D eigenvalue weighted by molar-refractivity contribution is 6.02. The first-order chi connectivity index (χ1) is 7.76. The molecule has 0 saturated heterocycles. The third kappa shape index (κ3) is 1.95. The molecule has 0 fully saturated rings. The number of para-hydroxylation sites is 1. The second kappa shape index (κ2) is 4.66. The molecule has 2 rings (SSSR count). The lowest BCUT2D eigenvalue weighted by Gasteiger charge is -2.19. The molecule has 1 unspecified atom stereocenters. The highest BCUT2D eigenvalue weighted by Gasteiger charge is 2.30. The zero-order chi connectivity index (χ0) is 11.5. The monoisotopic (exact) mass is 218 g/mol. The van der Waals surface area contributed by atoms with Gasteiger partial charge >= 0.3 is 0 Å². The third-order valence-corrected chi connectivity index (χ3v) is 3.18. The Morgan fingerprint density at radius 2 is 2.00 bits per heavy atom. The molecule has 0 aliphatic carbocycles. The van der Waals surface area contributed by atoms with Crippen LogP contribution in [-0.2, 0) is 4.79 Å². The molecule has 1 amide bonds. The lowest BCUT2D eigenvalue weighted by Crippen LogP contribution is -2.35. The van der Waals surface area contributed by atoms with Gasteiger partial charge in [0.2, 0.25) is 5.91 Å². The first-order valence-electron chi connectivity index (χ1n) is 5.92. The van der Waals surface area contributed by atoms with Crippen molar-refractivity contribution in [2.75, 3.05) is 5.32 Å². The van der Waals surface area contributed by atoms with Crippen LogP contribution in [-0.4, -0.2) is 11.9 Å². The van der Waals surface area contributed by atoms with E-state index < -0.39 is 0 Å². The van der Waals surface area contributed by atoms with Gasteiger partial charge in [0.1, 0.15) is 6.04 Å². The number of benzene rings is 1. The van der Waals surface area contributed by atoms with E-state index in [4.69, 9.17) is 0 Å². The Labute approximate surface area is 96.2 Å². The molecule has 1 aromatic rings. The first kappa shape index (κ1) is 11.1. The molecule has 2 N–H and O–H groups in total.